The number of carbonyl (C=O) groups is 1. The second-order valence-corrected chi connectivity index (χ2v) is 8.40. The number of hydrogen-bond acceptors (Lipinski definition) is 2. The van der Waals surface area contributed by atoms with Gasteiger partial charge in [0.1, 0.15) is 5.65 Å². The number of aromatic nitrogens is 2. The highest BCUT2D eigenvalue weighted by molar-refractivity contribution is 6.05. The van der Waals surface area contributed by atoms with Crippen LogP contribution in [0.15, 0.2) is 73.1 Å². The molecule has 0 spiro atoms. The molecule has 2 heterocycles. The molecule has 0 bridgehead atoms. The second kappa shape index (κ2) is 7.21. The third kappa shape index (κ3) is 3.92. The summed E-state index contributed by atoms with van der Waals surface area (Å²) >= 11 is 0. The lowest BCUT2D eigenvalue weighted by Gasteiger charge is -2.19. The minimum absolute atomic E-state index is 0.0635. The van der Waals surface area contributed by atoms with Gasteiger partial charge in [0.05, 0.1) is 5.69 Å². The van der Waals surface area contributed by atoms with Gasteiger partial charge in [-0.1, -0.05) is 51.1 Å². The van der Waals surface area contributed by atoms with Crippen LogP contribution < -0.4 is 5.32 Å². The maximum atomic E-state index is 12.8. The van der Waals surface area contributed by atoms with Crippen molar-refractivity contribution in [3.8, 4) is 11.3 Å². The van der Waals surface area contributed by atoms with Gasteiger partial charge in [0.15, 0.2) is 0 Å². The summed E-state index contributed by atoms with van der Waals surface area (Å²) in [5, 5.41) is 3.06. The van der Waals surface area contributed by atoms with Crippen molar-refractivity contribution in [1.29, 1.82) is 0 Å². The highest BCUT2D eigenvalue weighted by atomic mass is 16.1. The molecule has 4 rings (SSSR count). The monoisotopic (exact) mass is 383 g/mol. The number of hydrogen-bond donors (Lipinski definition) is 1. The summed E-state index contributed by atoms with van der Waals surface area (Å²) in [5.74, 6) is -0.110. The first-order valence-electron chi connectivity index (χ1n) is 9.78. The number of amides is 1. The molecule has 0 aliphatic rings. The van der Waals surface area contributed by atoms with Gasteiger partial charge in [-0.15, -0.1) is 0 Å². The topological polar surface area (TPSA) is 46.4 Å². The first-order chi connectivity index (χ1) is 13.8. The first kappa shape index (κ1) is 18.9. The number of nitrogens with one attached hydrogen (secondary N) is 1. The molecule has 4 nitrogen and oxygen atoms in total. The van der Waals surface area contributed by atoms with E-state index in [-0.39, 0.29) is 11.3 Å². The van der Waals surface area contributed by atoms with E-state index in [0.717, 1.165) is 28.2 Å². The molecule has 29 heavy (non-hydrogen) atoms. The van der Waals surface area contributed by atoms with Gasteiger partial charge in [0.2, 0.25) is 0 Å². The van der Waals surface area contributed by atoms with Crippen LogP contribution in [0.2, 0.25) is 0 Å². The molecule has 0 aliphatic heterocycles. The average molecular weight is 383 g/mol. The molecule has 4 aromatic rings. The molecule has 0 saturated carbocycles. The number of benzene rings is 2. The van der Waals surface area contributed by atoms with Crippen molar-refractivity contribution >= 4 is 17.2 Å². The summed E-state index contributed by atoms with van der Waals surface area (Å²) in [7, 11) is 0. The van der Waals surface area contributed by atoms with Crippen molar-refractivity contribution in [3.05, 3.63) is 89.7 Å². The third-order valence-corrected chi connectivity index (χ3v) is 5.16. The van der Waals surface area contributed by atoms with Crippen LogP contribution in [0.4, 0.5) is 5.69 Å². The quantitative estimate of drug-likeness (QED) is 0.482. The van der Waals surface area contributed by atoms with Gasteiger partial charge in [-0.25, -0.2) is 4.98 Å². The molecule has 0 unspecified atom stereocenters. The fraction of sp³-hybridized carbons (Fsp3) is 0.200. The molecule has 0 atom stereocenters. The Morgan fingerprint density at radius 2 is 1.76 bits per heavy atom. The van der Waals surface area contributed by atoms with E-state index in [1.165, 1.54) is 5.56 Å². The first-order valence-corrected chi connectivity index (χ1v) is 9.78. The maximum Gasteiger partial charge on any atom is 0.255 e. The van der Waals surface area contributed by atoms with E-state index >= 15 is 0 Å². The maximum absolute atomic E-state index is 12.8. The molecule has 1 N–H and O–H groups in total. The van der Waals surface area contributed by atoms with Crippen molar-refractivity contribution in [2.45, 2.75) is 33.1 Å². The smallest absolute Gasteiger partial charge is 0.255 e. The lowest BCUT2D eigenvalue weighted by molar-refractivity contribution is 0.102. The van der Waals surface area contributed by atoms with E-state index in [9.17, 15) is 4.79 Å². The van der Waals surface area contributed by atoms with E-state index in [2.05, 4.69) is 31.1 Å². The van der Waals surface area contributed by atoms with Crippen LogP contribution in [-0.4, -0.2) is 15.3 Å². The zero-order chi connectivity index (χ0) is 20.6. The minimum Gasteiger partial charge on any atom is -0.322 e. The van der Waals surface area contributed by atoms with Crippen molar-refractivity contribution in [1.82, 2.24) is 9.38 Å². The number of pyridine rings is 1. The molecular formula is C25H25N3O. The third-order valence-electron chi connectivity index (χ3n) is 5.16. The largest absolute Gasteiger partial charge is 0.322 e. The predicted molar refractivity (Wildman–Crippen MR) is 118 cm³/mol. The summed E-state index contributed by atoms with van der Waals surface area (Å²) < 4.78 is 1.99. The molecule has 0 fully saturated rings. The lowest BCUT2D eigenvalue weighted by Crippen LogP contribution is -2.15. The van der Waals surface area contributed by atoms with Gasteiger partial charge < -0.3 is 9.72 Å². The van der Waals surface area contributed by atoms with Crippen LogP contribution in [0.5, 0.6) is 0 Å². The Bertz CT molecular complexity index is 1150. The fourth-order valence-electron chi connectivity index (χ4n) is 3.31. The fourth-order valence-corrected chi connectivity index (χ4v) is 3.31. The molecule has 1 amide bonds. The number of imidazole rings is 1. The van der Waals surface area contributed by atoms with Gasteiger partial charge in [-0.3, -0.25) is 4.79 Å². The van der Waals surface area contributed by atoms with Crippen LogP contribution in [0.25, 0.3) is 16.9 Å². The van der Waals surface area contributed by atoms with E-state index in [1.807, 2.05) is 84.4 Å². The van der Waals surface area contributed by atoms with Gasteiger partial charge >= 0.3 is 0 Å². The molecule has 0 aliphatic carbocycles. The standard InChI is InChI=1S/C25H25N3O/c1-17-8-9-19(22-16-28-14-6-5-7-23(28)26-22)15-21(17)27-24(29)18-10-12-20(13-11-18)25(2,3)4/h5-16H,1-4H3,(H,27,29). The highest BCUT2D eigenvalue weighted by Gasteiger charge is 2.15. The Balaban J connectivity index is 1.60. The van der Waals surface area contributed by atoms with Gasteiger partial charge in [-0.05, 0) is 53.8 Å². The summed E-state index contributed by atoms with van der Waals surface area (Å²) in [4.78, 5) is 17.5. The number of anilines is 1. The Labute approximate surface area is 171 Å². The second-order valence-electron chi connectivity index (χ2n) is 8.40. The van der Waals surface area contributed by atoms with Gasteiger partial charge in [0, 0.05) is 29.2 Å². The predicted octanol–water partition coefficient (Wildman–Crippen LogP) is 5.86. The van der Waals surface area contributed by atoms with E-state index < -0.39 is 0 Å². The van der Waals surface area contributed by atoms with Crippen LogP contribution >= 0.6 is 0 Å². The lowest BCUT2D eigenvalue weighted by atomic mass is 9.86. The number of fused-ring (bicyclic) bond motifs is 1. The Morgan fingerprint density at radius 3 is 2.45 bits per heavy atom. The Hall–Kier alpha value is -3.40. The van der Waals surface area contributed by atoms with E-state index in [1.54, 1.807) is 0 Å². The van der Waals surface area contributed by atoms with E-state index in [4.69, 9.17) is 0 Å². The molecule has 2 aromatic heterocycles. The normalized spacial score (nSPS) is 11.6. The van der Waals surface area contributed by atoms with Crippen LogP contribution in [-0.2, 0) is 5.41 Å². The molecule has 0 radical (unpaired) electrons. The molecule has 4 heteroatoms. The molecule has 146 valence electrons. The minimum atomic E-state index is -0.110. The van der Waals surface area contributed by atoms with Crippen LogP contribution in [0, 0.1) is 6.92 Å². The van der Waals surface area contributed by atoms with Crippen molar-refractivity contribution in [3.63, 3.8) is 0 Å². The van der Waals surface area contributed by atoms with Crippen molar-refractivity contribution in [2.75, 3.05) is 5.32 Å². The zero-order valence-corrected chi connectivity index (χ0v) is 17.2. The SMILES string of the molecule is Cc1ccc(-c2cn3ccccc3n2)cc1NC(=O)c1ccc(C(C)(C)C)cc1. The van der Waals surface area contributed by atoms with Crippen molar-refractivity contribution < 1.29 is 4.79 Å². The number of carbonyl (C=O) groups excluding carboxylic acids is 1. The van der Waals surface area contributed by atoms with Gasteiger partial charge in [0.25, 0.3) is 5.91 Å². The zero-order valence-electron chi connectivity index (χ0n) is 17.2. The summed E-state index contributed by atoms with van der Waals surface area (Å²) in [5.41, 5.74) is 6.47. The Kier molecular flexibility index (Phi) is 4.71. The number of rotatable bonds is 3. The van der Waals surface area contributed by atoms with Gasteiger partial charge in [-0.2, -0.15) is 0 Å². The summed E-state index contributed by atoms with van der Waals surface area (Å²) in [6.45, 7) is 8.48. The van der Waals surface area contributed by atoms with Crippen LogP contribution in [0.3, 0.4) is 0 Å². The van der Waals surface area contributed by atoms with E-state index in [0.29, 0.717) is 5.56 Å². The van der Waals surface area contributed by atoms with Crippen LogP contribution in [0.1, 0.15) is 42.3 Å². The highest BCUT2D eigenvalue weighted by Crippen LogP contribution is 2.26. The molecule has 0 saturated heterocycles. The molecule has 2 aromatic carbocycles. The Morgan fingerprint density at radius 1 is 1.00 bits per heavy atom. The molecular weight excluding hydrogens is 358 g/mol. The average Bonchev–Trinajstić information content (AvgIpc) is 3.13. The van der Waals surface area contributed by atoms with Crippen molar-refractivity contribution in [2.24, 2.45) is 0 Å². The summed E-state index contributed by atoms with van der Waals surface area (Å²) in [6.07, 6.45) is 3.97. The summed E-state index contributed by atoms with van der Waals surface area (Å²) in [6, 6.07) is 19.8. The number of aryl methyl sites for hydroxylation is 1. The number of nitrogens with zero attached hydrogens (tertiary/aromatic N) is 2.